The second kappa shape index (κ2) is 5.35. The van der Waals surface area contributed by atoms with Gasteiger partial charge in [-0.05, 0) is 45.8 Å². The maximum Gasteiger partial charge on any atom is 0.124 e. The summed E-state index contributed by atoms with van der Waals surface area (Å²) in [5.41, 5.74) is 2.24. The third kappa shape index (κ3) is 2.82. The highest BCUT2D eigenvalue weighted by molar-refractivity contribution is 9.10. The van der Waals surface area contributed by atoms with Crippen LogP contribution < -0.4 is 0 Å². The average molecular weight is 337 g/mol. The van der Waals surface area contributed by atoms with Gasteiger partial charge in [0, 0.05) is 20.5 Å². The normalized spacial score (nSPS) is 11.1. The predicted molar refractivity (Wildman–Crippen MR) is 79.8 cm³/mol. The molecule has 2 aromatic carbocycles. The molecule has 0 unspecified atom stereocenters. The van der Waals surface area contributed by atoms with Crippen molar-refractivity contribution in [3.8, 4) is 0 Å². The molecule has 0 saturated carbocycles. The van der Waals surface area contributed by atoms with Gasteiger partial charge in [0.25, 0.3) is 0 Å². The number of thioether (sulfide) groups is 1. The number of hydrogen-bond acceptors (Lipinski definition) is 2. The molecule has 0 aliphatic heterocycles. The zero-order chi connectivity index (χ0) is 13.2. The minimum atomic E-state index is -0.227. The van der Waals surface area contributed by atoms with Crippen LogP contribution in [0.15, 0.2) is 52.0 Å². The first-order chi connectivity index (χ1) is 9.22. The summed E-state index contributed by atoms with van der Waals surface area (Å²) in [4.78, 5) is 1.03. The zero-order valence-corrected chi connectivity index (χ0v) is 12.3. The number of fused-ring (bicyclic) bond motifs is 1. The molecule has 0 saturated heterocycles. The molecular weight excluding hydrogens is 327 g/mol. The van der Waals surface area contributed by atoms with Crippen LogP contribution in [0.25, 0.3) is 10.9 Å². The van der Waals surface area contributed by atoms with Crippen LogP contribution in [-0.2, 0) is 5.75 Å². The van der Waals surface area contributed by atoms with Crippen LogP contribution in [0.3, 0.4) is 0 Å². The number of halogens is 2. The smallest absolute Gasteiger partial charge is 0.124 e. The van der Waals surface area contributed by atoms with Gasteiger partial charge in [-0.2, -0.15) is 5.10 Å². The highest BCUT2D eigenvalue weighted by Gasteiger charge is 2.04. The molecule has 19 heavy (non-hydrogen) atoms. The van der Waals surface area contributed by atoms with Crippen molar-refractivity contribution >= 4 is 38.6 Å². The number of H-pyrrole nitrogens is 1. The van der Waals surface area contributed by atoms with E-state index in [1.54, 1.807) is 17.8 Å². The SMILES string of the molecule is Fc1ccc(SCc2ccc3cn[nH]c3c2)c(Br)c1. The highest BCUT2D eigenvalue weighted by atomic mass is 79.9. The van der Waals surface area contributed by atoms with Crippen LogP contribution in [0, 0.1) is 5.82 Å². The van der Waals surface area contributed by atoms with E-state index in [1.165, 1.54) is 17.7 Å². The van der Waals surface area contributed by atoms with Crippen molar-refractivity contribution in [2.75, 3.05) is 0 Å². The Kier molecular flexibility index (Phi) is 3.57. The molecule has 5 heteroatoms. The molecule has 0 bridgehead atoms. The lowest BCUT2D eigenvalue weighted by atomic mass is 10.2. The van der Waals surface area contributed by atoms with Gasteiger partial charge in [-0.25, -0.2) is 4.39 Å². The largest absolute Gasteiger partial charge is 0.278 e. The van der Waals surface area contributed by atoms with Gasteiger partial charge in [-0.3, -0.25) is 5.10 Å². The van der Waals surface area contributed by atoms with Gasteiger partial charge in [0.15, 0.2) is 0 Å². The van der Waals surface area contributed by atoms with Crippen molar-refractivity contribution in [2.45, 2.75) is 10.6 Å². The third-order valence-electron chi connectivity index (χ3n) is 2.79. The summed E-state index contributed by atoms with van der Waals surface area (Å²) in [5.74, 6) is 0.606. The van der Waals surface area contributed by atoms with E-state index in [1.807, 2.05) is 6.20 Å². The van der Waals surface area contributed by atoms with Crippen LogP contribution in [-0.4, -0.2) is 10.2 Å². The van der Waals surface area contributed by atoms with Crippen LogP contribution >= 0.6 is 27.7 Å². The molecule has 2 nitrogen and oxygen atoms in total. The number of nitrogens with one attached hydrogen (secondary N) is 1. The van der Waals surface area contributed by atoms with Gasteiger partial charge in [-0.15, -0.1) is 11.8 Å². The third-order valence-corrected chi connectivity index (χ3v) is 4.86. The van der Waals surface area contributed by atoms with E-state index in [9.17, 15) is 4.39 Å². The molecule has 1 heterocycles. The molecule has 1 aromatic heterocycles. The number of nitrogens with zero attached hydrogens (tertiary/aromatic N) is 1. The minimum absolute atomic E-state index is 0.227. The standard InChI is InChI=1S/C14H10BrFN2S/c15-12-6-11(16)3-4-14(12)19-8-9-1-2-10-7-17-18-13(10)5-9/h1-7H,8H2,(H,17,18). The molecule has 0 aliphatic carbocycles. The van der Waals surface area contributed by atoms with E-state index < -0.39 is 0 Å². The highest BCUT2D eigenvalue weighted by Crippen LogP contribution is 2.31. The molecule has 0 spiro atoms. The number of hydrogen-bond donors (Lipinski definition) is 1. The molecule has 0 amide bonds. The fraction of sp³-hybridized carbons (Fsp3) is 0.0714. The topological polar surface area (TPSA) is 28.7 Å². The molecule has 0 radical (unpaired) electrons. The van der Waals surface area contributed by atoms with Gasteiger partial charge >= 0.3 is 0 Å². The minimum Gasteiger partial charge on any atom is -0.278 e. The summed E-state index contributed by atoms with van der Waals surface area (Å²) in [6, 6.07) is 11.0. The van der Waals surface area contributed by atoms with E-state index in [0.29, 0.717) is 0 Å². The molecule has 1 N–H and O–H groups in total. The number of aromatic nitrogens is 2. The second-order valence-corrected chi connectivity index (χ2v) is 6.03. The van der Waals surface area contributed by atoms with Crippen molar-refractivity contribution in [1.82, 2.24) is 10.2 Å². The van der Waals surface area contributed by atoms with E-state index in [2.05, 4.69) is 44.3 Å². The van der Waals surface area contributed by atoms with Crippen molar-refractivity contribution in [3.63, 3.8) is 0 Å². The van der Waals surface area contributed by atoms with Crippen LogP contribution in [0.2, 0.25) is 0 Å². The lowest BCUT2D eigenvalue weighted by Gasteiger charge is -2.05. The Balaban J connectivity index is 1.77. The van der Waals surface area contributed by atoms with Gasteiger partial charge < -0.3 is 0 Å². The molecule has 0 aliphatic rings. The van der Waals surface area contributed by atoms with Crippen LogP contribution in [0.1, 0.15) is 5.56 Å². The quantitative estimate of drug-likeness (QED) is 0.698. The number of rotatable bonds is 3. The summed E-state index contributed by atoms with van der Waals surface area (Å²) in [7, 11) is 0. The van der Waals surface area contributed by atoms with Gasteiger partial charge in [-0.1, -0.05) is 12.1 Å². The Bertz CT molecular complexity index is 726. The van der Waals surface area contributed by atoms with Crippen molar-refractivity contribution in [1.29, 1.82) is 0 Å². The first kappa shape index (κ1) is 12.7. The van der Waals surface area contributed by atoms with Crippen molar-refractivity contribution < 1.29 is 4.39 Å². The molecule has 3 aromatic rings. The van der Waals surface area contributed by atoms with E-state index >= 15 is 0 Å². The van der Waals surface area contributed by atoms with Crippen LogP contribution in [0.5, 0.6) is 0 Å². The molecule has 0 fully saturated rings. The zero-order valence-electron chi connectivity index (χ0n) is 9.86. The molecule has 3 rings (SSSR count). The maximum absolute atomic E-state index is 13.0. The van der Waals surface area contributed by atoms with Crippen molar-refractivity contribution in [3.05, 3.63) is 58.4 Å². The molecular formula is C14H10BrFN2S. The Hall–Kier alpha value is -1.33. The monoisotopic (exact) mass is 336 g/mol. The van der Waals surface area contributed by atoms with Crippen LogP contribution in [0.4, 0.5) is 4.39 Å². The van der Waals surface area contributed by atoms with Gasteiger partial charge in [0.05, 0.1) is 11.7 Å². The summed E-state index contributed by atoms with van der Waals surface area (Å²) < 4.78 is 13.8. The number of aromatic amines is 1. The Morgan fingerprint density at radius 2 is 2.11 bits per heavy atom. The average Bonchev–Trinajstić information content (AvgIpc) is 2.85. The maximum atomic E-state index is 13.0. The fourth-order valence-electron chi connectivity index (χ4n) is 1.83. The first-order valence-electron chi connectivity index (χ1n) is 5.72. The van der Waals surface area contributed by atoms with E-state index in [0.717, 1.165) is 26.0 Å². The molecule has 0 atom stereocenters. The summed E-state index contributed by atoms with van der Waals surface area (Å²) in [5, 5.41) is 8.07. The lowest BCUT2D eigenvalue weighted by molar-refractivity contribution is 0.625. The summed E-state index contributed by atoms with van der Waals surface area (Å²) in [6.45, 7) is 0. The van der Waals surface area contributed by atoms with E-state index in [-0.39, 0.29) is 5.82 Å². The Labute approximate surface area is 122 Å². The summed E-state index contributed by atoms with van der Waals surface area (Å²) >= 11 is 5.05. The predicted octanol–water partition coefficient (Wildman–Crippen LogP) is 4.76. The van der Waals surface area contributed by atoms with Crippen molar-refractivity contribution in [2.24, 2.45) is 0 Å². The first-order valence-corrected chi connectivity index (χ1v) is 7.50. The second-order valence-electron chi connectivity index (χ2n) is 4.16. The lowest BCUT2D eigenvalue weighted by Crippen LogP contribution is -1.83. The Morgan fingerprint density at radius 1 is 1.21 bits per heavy atom. The fourth-order valence-corrected chi connectivity index (χ4v) is 3.38. The Morgan fingerprint density at radius 3 is 2.95 bits per heavy atom. The van der Waals surface area contributed by atoms with E-state index in [4.69, 9.17) is 0 Å². The number of benzene rings is 2. The summed E-state index contributed by atoms with van der Waals surface area (Å²) in [6.07, 6.45) is 1.81. The van der Waals surface area contributed by atoms with Gasteiger partial charge in [0.1, 0.15) is 5.82 Å². The molecule has 96 valence electrons. The van der Waals surface area contributed by atoms with Gasteiger partial charge in [0.2, 0.25) is 0 Å².